The molecule has 0 amide bonds. The van der Waals surface area contributed by atoms with Gasteiger partial charge in [0, 0.05) is 18.5 Å². The molecule has 1 aliphatic carbocycles. The maximum absolute atomic E-state index is 10.8. The Kier molecular flexibility index (Phi) is 3.41. The van der Waals surface area contributed by atoms with Crippen molar-refractivity contribution in [3.63, 3.8) is 0 Å². The lowest BCUT2D eigenvalue weighted by Crippen LogP contribution is -2.22. The molecule has 5 nitrogen and oxygen atoms in total. The van der Waals surface area contributed by atoms with Crippen LogP contribution < -0.4 is 4.74 Å². The summed E-state index contributed by atoms with van der Waals surface area (Å²) in [5.41, 5.74) is 3.27. The van der Waals surface area contributed by atoms with Gasteiger partial charge in [-0.05, 0) is 50.1 Å². The van der Waals surface area contributed by atoms with E-state index in [9.17, 15) is 4.79 Å². The molecule has 1 atom stereocenters. The van der Waals surface area contributed by atoms with Gasteiger partial charge in [0.15, 0.2) is 6.10 Å². The van der Waals surface area contributed by atoms with Gasteiger partial charge in [-0.15, -0.1) is 0 Å². The van der Waals surface area contributed by atoms with Gasteiger partial charge in [0.1, 0.15) is 5.75 Å². The molecule has 1 N–H and O–H groups in total. The third-order valence-corrected chi connectivity index (χ3v) is 3.71. The van der Waals surface area contributed by atoms with Crippen LogP contribution in [0.3, 0.4) is 0 Å². The quantitative estimate of drug-likeness (QED) is 0.918. The number of aryl methyl sites for hydroxylation is 1. The summed E-state index contributed by atoms with van der Waals surface area (Å²) in [6.45, 7) is 1.51. The van der Waals surface area contributed by atoms with Crippen molar-refractivity contribution >= 4 is 5.97 Å². The van der Waals surface area contributed by atoms with Crippen LogP contribution in [0.25, 0.3) is 11.3 Å². The van der Waals surface area contributed by atoms with Crippen LogP contribution in [-0.4, -0.2) is 27.0 Å². The number of nitrogens with zero attached hydrogens (tertiary/aromatic N) is 2. The van der Waals surface area contributed by atoms with Gasteiger partial charge in [0.2, 0.25) is 0 Å². The molecule has 0 aliphatic heterocycles. The van der Waals surface area contributed by atoms with Crippen LogP contribution in [0.15, 0.2) is 30.3 Å². The van der Waals surface area contributed by atoms with Crippen molar-refractivity contribution in [1.29, 1.82) is 0 Å². The number of rotatable bonds is 5. The summed E-state index contributed by atoms with van der Waals surface area (Å²) >= 11 is 0. The standard InChI is InChI=1S/C16H18N2O3/c1-10(16(19)20)21-13-7-5-12(6-8-13)15-9-14(11-3-4-11)17-18(15)2/h5-11H,3-4H2,1-2H3,(H,19,20)/t10-/m0/s1. The summed E-state index contributed by atoms with van der Waals surface area (Å²) in [6.07, 6.45) is 1.61. The maximum Gasteiger partial charge on any atom is 0.344 e. The molecular formula is C16H18N2O3. The first kappa shape index (κ1) is 13.7. The minimum absolute atomic E-state index is 0.554. The Labute approximate surface area is 123 Å². The summed E-state index contributed by atoms with van der Waals surface area (Å²) in [5, 5.41) is 13.4. The van der Waals surface area contributed by atoms with E-state index in [1.807, 2.05) is 23.9 Å². The molecule has 1 aromatic heterocycles. The number of carboxylic acid groups (broad SMARTS) is 1. The van der Waals surface area contributed by atoms with Gasteiger partial charge in [0.25, 0.3) is 0 Å². The molecule has 0 saturated heterocycles. The minimum Gasteiger partial charge on any atom is -0.479 e. The molecule has 1 saturated carbocycles. The van der Waals surface area contributed by atoms with E-state index < -0.39 is 12.1 Å². The first-order valence-electron chi connectivity index (χ1n) is 7.08. The summed E-state index contributed by atoms with van der Waals surface area (Å²) in [5.74, 6) is 0.210. The number of benzene rings is 1. The number of carboxylic acids is 1. The second-order valence-electron chi connectivity index (χ2n) is 5.48. The van der Waals surface area contributed by atoms with Crippen LogP contribution in [0.2, 0.25) is 0 Å². The van der Waals surface area contributed by atoms with Crippen molar-refractivity contribution < 1.29 is 14.6 Å². The Balaban J connectivity index is 1.79. The van der Waals surface area contributed by atoms with Crippen molar-refractivity contribution in [1.82, 2.24) is 9.78 Å². The predicted molar refractivity (Wildman–Crippen MR) is 78.3 cm³/mol. The Morgan fingerprint density at radius 1 is 1.38 bits per heavy atom. The van der Waals surface area contributed by atoms with E-state index in [1.165, 1.54) is 19.8 Å². The molecule has 2 aromatic rings. The van der Waals surface area contributed by atoms with E-state index in [-0.39, 0.29) is 0 Å². The first-order chi connectivity index (χ1) is 10.0. The van der Waals surface area contributed by atoms with Gasteiger partial charge in [-0.3, -0.25) is 4.68 Å². The van der Waals surface area contributed by atoms with E-state index in [0.29, 0.717) is 11.7 Å². The number of hydrogen-bond acceptors (Lipinski definition) is 3. The van der Waals surface area contributed by atoms with Gasteiger partial charge in [-0.1, -0.05) is 0 Å². The van der Waals surface area contributed by atoms with E-state index in [4.69, 9.17) is 9.84 Å². The van der Waals surface area contributed by atoms with Crippen LogP contribution in [0, 0.1) is 0 Å². The van der Waals surface area contributed by atoms with Crippen molar-refractivity contribution in [2.75, 3.05) is 0 Å². The number of carbonyl (C=O) groups is 1. The average molecular weight is 286 g/mol. The van der Waals surface area contributed by atoms with E-state index in [2.05, 4.69) is 11.2 Å². The fourth-order valence-electron chi connectivity index (χ4n) is 2.30. The SMILES string of the molecule is C[C@H](Oc1ccc(-c2cc(C3CC3)nn2C)cc1)C(=O)O. The molecule has 110 valence electrons. The predicted octanol–water partition coefficient (Wildman–Crippen LogP) is 2.82. The lowest BCUT2D eigenvalue weighted by atomic mass is 10.1. The normalized spacial score (nSPS) is 15.7. The van der Waals surface area contributed by atoms with Crippen molar-refractivity contribution in [3.8, 4) is 17.0 Å². The zero-order chi connectivity index (χ0) is 15.0. The van der Waals surface area contributed by atoms with Gasteiger partial charge in [-0.25, -0.2) is 4.79 Å². The van der Waals surface area contributed by atoms with Crippen LogP contribution in [0.4, 0.5) is 0 Å². The Morgan fingerprint density at radius 3 is 2.62 bits per heavy atom. The summed E-state index contributed by atoms with van der Waals surface area (Å²) in [6, 6.07) is 9.57. The highest BCUT2D eigenvalue weighted by atomic mass is 16.5. The Morgan fingerprint density at radius 2 is 2.05 bits per heavy atom. The van der Waals surface area contributed by atoms with E-state index in [1.54, 1.807) is 12.1 Å². The Hall–Kier alpha value is -2.30. The summed E-state index contributed by atoms with van der Waals surface area (Å²) in [4.78, 5) is 10.8. The molecule has 1 aliphatic rings. The molecule has 5 heteroatoms. The van der Waals surface area contributed by atoms with Gasteiger partial charge >= 0.3 is 5.97 Å². The highest BCUT2D eigenvalue weighted by molar-refractivity contribution is 5.72. The fraction of sp³-hybridized carbons (Fsp3) is 0.375. The van der Waals surface area contributed by atoms with Gasteiger partial charge in [0.05, 0.1) is 11.4 Å². The molecule has 0 unspecified atom stereocenters. The molecule has 0 bridgehead atoms. The maximum atomic E-state index is 10.8. The van der Waals surface area contributed by atoms with Gasteiger partial charge in [-0.2, -0.15) is 5.10 Å². The topological polar surface area (TPSA) is 64.4 Å². The van der Waals surface area contributed by atoms with Crippen LogP contribution in [0.5, 0.6) is 5.75 Å². The largest absolute Gasteiger partial charge is 0.479 e. The van der Waals surface area contributed by atoms with Crippen LogP contribution in [0.1, 0.15) is 31.4 Å². The van der Waals surface area contributed by atoms with Crippen LogP contribution in [-0.2, 0) is 11.8 Å². The van der Waals surface area contributed by atoms with Gasteiger partial charge < -0.3 is 9.84 Å². The molecule has 1 fully saturated rings. The second-order valence-corrected chi connectivity index (χ2v) is 5.48. The summed E-state index contributed by atoms with van der Waals surface area (Å²) < 4.78 is 7.22. The lowest BCUT2D eigenvalue weighted by Gasteiger charge is -2.10. The second kappa shape index (κ2) is 5.24. The highest BCUT2D eigenvalue weighted by Crippen LogP contribution is 2.40. The lowest BCUT2D eigenvalue weighted by molar-refractivity contribution is -0.144. The van der Waals surface area contributed by atoms with E-state index in [0.717, 1.165) is 17.0 Å². The molecule has 0 spiro atoms. The third kappa shape index (κ3) is 2.91. The first-order valence-corrected chi connectivity index (χ1v) is 7.08. The molecular weight excluding hydrogens is 268 g/mol. The van der Waals surface area contributed by atoms with E-state index >= 15 is 0 Å². The molecule has 0 radical (unpaired) electrons. The molecule has 3 rings (SSSR count). The number of hydrogen-bond donors (Lipinski definition) is 1. The molecule has 21 heavy (non-hydrogen) atoms. The number of ether oxygens (including phenoxy) is 1. The number of aliphatic carboxylic acids is 1. The Bertz CT molecular complexity index is 657. The molecule has 1 heterocycles. The van der Waals surface area contributed by atoms with Crippen molar-refractivity contribution in [3.05, 3.63) is 36.0 Å². The molecule has 1 aromatic carbocycles. The minimum atomic E-state index is -0.972. The van der Waals surface area contributed by atoms with Crippen molar-refractivity contribution in [2.24, 2.45) is 7.05 Å². The number of aromatic nitrogens is 2. The smallest absolute Gasteiger partial charge is 0.344 e. The highest BCUT2D eigenvalue weighted by Gasteiger charge is 2.27. The monoisotopic (exact) mass is 286 g/mol. The fourth-order valence-corrected chi connectivity index (χ4v) is 2.30. The zero-order valence-corrected chi connectivity index (χ0v) is 12.1. The van der Waals surface area contributed by atoms with Crippen LogP contribution >= 0.6 is 0 Å². The average Bonchev–Trinajstić information content (AvgIpc) is 3.23. The third-order valence-electron chi connectivity index (χ3n) is 3.71. The summed E-state index contributed by atoms with van der Waals surface area (Å²) in [7, 11) is 1.94. The van der Waals surface area contributed by atoms with Crippen molar-refractivity contribution in [2.45, 2.75) is 31.8 Å². The zero-order valence-electron chi connectivity index (χ0n) is 12.1.